The molecule has 0 bridgehead atoms. The number of amides is 7. The third-order valence-corrected chi connectivity index (χ3v) is 14.8. The van der Waals surface area contributed by atoms with Crippen molar-refractivity contribution in [2.24, 2.45) is 22.1 Å². The molecule has 7 rings (SSSR count). The van der Waals surface area contributed by atoms with Crippen LogP contribution in [0.15, 0.2) is 119 Å². The van der Waals surface area contributed by atoms with Gasteiger partial charge in [0.25, 0.3) is 6.43 Å². The van der Waals surface area contributed by atoms with E-state index in [1.54, 1.807) is 65.8 Å². The van der Waals surface area contributed by atoms with Gasteiger partial charge in [0.15, 0.2) is 0 Å². The van der Waals surface area contributed by atoms with Crippen molar-refractivity contribution in [1.82, 2.24) is 37.2 Å². The van der Waals surface area contributed by atoms with Crippen molar-refractivity contribution in [3.05, 3.63) is 152 Å². The molecule has 3 heterocycles. The van der Waals surface area contributed by atoms with Crippen LogP contribution in [0, 0.1) is 11.8 Å². The van der Waals surface area contributed by atoms with E-state index in [4.69, 9.17) is 54.1 Å². The summed E-state index contributed by atoms with van der Waals surface area (Å²) in [5, 5.41) is 33.3. The highest BCUT2D eigenvalue weighted by atomic mass is 19.3. The summed E-state index contributed by atoms with van der Waals surface area (Å²) < 4.78 is 71.5. The fourth-order valence-electron chi connectivity index (χ4n) is 9.69. The lowest BCUT2D eigenvalue weighted by molar-refractivity contribution is -0.689. The van der Waals surface area contributed by atoms with Crippen molar-refractivity contribution in [2.75, 3.05) is 65.9 Å². The molecule has 0 unspecified atom stereocenters. The second-order valence-electron chi connectivity index (χ2n) is 28.2. The third-order valence-electron chi connectivity index (χ3n) is 14.8. The minimum Gasteiger partial charge on any atom is -0.544 e. The molecule has 4 aromatic rings. The summed E-state index contributed by atoms with van der Waals surface area (Å²) in [6.07, 6.45) is -4.75. The standard InChI is InChI=1S/C38H55N7O9.C17H15NO4.C9H13NO5.C7H11NO3.C4H11N4O2.C2H2F2O2/c1-26(2)22-31(43-37(50)32(42-27(3)46)23-28-12-14-30(15-13-28)53-25-29-10-8-7-9-11-29)36(49)44-33(24-34(47)54-38(4,5)6)35(48)40-16-18-51-20-21-52-19-17-41-45-39;19-16-15(18-17(20)22-16)10-12-6-8-14(9-7-12)21-11-13-4-2-1-3-5-13;1-9(2,3)15-6(11)4-5-7(12)14-8(13)10-5;1-4(2)3-5-6(9)11-7(10)8-5;5-8-7-1-2-9-3-4-10-6;3-1(4)2(5)6/h7-15,26,31-33H,16-25H2,1-6H3,(H,40,48)(H,42,46)(H,43,50)(H,44,49);1-9,15H,10-11H2,(H,18,20);5H,4H2,1-3H3,(H,10,13);4-5H,3H2,1-2H3,(H,8,10);1-4H2,6H3;1H,(H,5,6)/q;;;;+1;/p-1/t31-,32+,33+;15-;2*5-;;/m1001../s1. The van der Waals surface area contributed by atoms with Gasteiger partial charge in [-0.1, -0.05) is 123 Å². The van der Waals surface area contributed by atoms with Gasteiger partial charge in [-0.2, -0.15) is 0 Å². The first kappa shape index (κ1) is 102. The number of esters is 5. The Morgan fingerprint density at radius 2 is 0.958 bits per heavy atom. The Morgan fingerprint density at radius 1 is 0.534 bits per heavy atom. The van der Waals surface area contributed by atoms with Gasteiger partial charge in [0.05, 0.1) is 52.5 Å². The first-order valence-electron chi connectivity index (χ1n) is 37.1. The molecule has 648 valence electrons. The lowest BCUT2D eigenvalue weighted by atomic mass is 10.0. The van der Waals surface area contributed by atoms with Crippen LogP contribution in [0.5, 0.6) is 11.5 Å². The molecule has 39 nitrogen and oxygen atoms in total. The van der Waals surface area contributed by atoms with Crippen molar-refractivity contribution in [3.8, 4) is 11.5 Å². The van der Waals surface area contributed by atoms with Crippen LogP contribution in [0.4, 0.5) is 23.2 Å². The first-order valence-corrected chi connectivity index (χ1v) is 37.1. The third kappa shape index (κ3) is 48.3. The van der Waals surface area contributed by atoms with Crippen LogP contribution in [0.1, 0.15) is 124 Å². The van der Waals surface area contributed by atoms with Crippen LogP contribution in [0.3, 0.4) is 0 Å². The number of carboxylic acid groups (broad SMARTS) is 1. The Kier molecular flexibility index (Phi) is 48.6. The molecule has 4 aromatic carbocycles. The molecule has 0 aromatic heterocycles. The molecular weight excluding hydrogens is 1560 g/mol. The average molecular weight is 1670 g/mol. The maximum atomic E-state index is 13.7. The van der Waals surface area contributed by atoms with E-state index in [1.165, 1.54) is 6.92 Å². The van der Waals surface area contributed by atoms with E-state index in [2.05, 4.69) is 82.2 Å². The number of rotatable bonds is 40. The van der Waals surface area contributed by atoms with Crippen molar-refractivity contribution in [3.63, 3.8) is 0 Å². The fraction of sp³-hybridized carbons (Fsp3) is 0.519. The molecule has 3 aliphatic rings. The molecule has 6 atom stereocenters. The lowest BCUT2D eigenvalue weighted by Gasteiger charge is -2.27. The highest BCUT2D eigenvalue weighted by Crippen LogP contribution is 2.20. The number of azide groups is 2. The van der Waals surface area contributed by atoms with E-state index >= 15 is 0 Å². The monoisotopic (exact) mass is 1660 g/mol. The Bertz CT molecular complexity index is 3920. The Labute approximate surface area is 680 Å². The normalized spacial score (nSPS) is 15.1. The van der Waals surface area contributed by atoms with Crippen molar-refractivity contribution >= 4 is 77.7 Å². The summed E-state index contributed by atoms with van der Waals surface area (Å²) in [6, 6.07) is 28.8. The Hall–Kier alpha value is -12.1. The number of quaternary nitrogens is 1. The molecule has 7 amide bonds. The molecule has 0 aliphatic carbocycles. The number of carbonyl (C=O) groups excluding carboxylic acids is 13. The highest BCUT2D eigenvalue weighted by molar-refractivity contribution is 5.98. The number of aliphatic carboxylic acids is 1. The molecule has 0 spiro atoms. The first-order chi connectivity index (χ1) is 55.8. The van der Waals surface area contributed by atoms with Crippen LogP contribution in [-0.2, 0) is 117 Å². The number of carbonyl (C=O) groups is 13. The molecule has 10 N–H and O–H groups in total. The van der Waals surface area contributed by atoms with E-state index in [9.17, 15) is 66.3 Å². The summed E-state index contributed by atoms with van der Waals surface area (Å²) in [4.78, 5) is 161. The summed E-state index contributed by atoms with van der Waals surface area (Å²) in [5.74, 6) is -2.79. The maximum absolute atomic E-state index is 13.7. The number of carboxylic acids is 1. The van der Waals surface area contributed by atoms with Crippen LogP contribution < -0.4 is 57.7 Å². The average Bonchev–Trinajstić information content (AvgIpc) is 1.52. The van der Waals surface area contributed by atoms with Crippen molar-refractivity contribution < 1.29 is 134 Å². The summed E-state index contributed by atoms with van der Waals surface area (Å²) in [5.41, 5.74) is 18.5. The van der Waals surface area contributed by atoms with Crippen molar-refractivity contribution in [1.29, 1.82) is 0 Å². The van der Waals surface area contributed by atoms with Gasteiger partial charge in [-0.15, -0.1) is 0 Å². The van der Waals surface area contributed by atoms with E-state index in [-0.39, 0.29) is 64.7 Å². The molecule has 3 aliphatic heterocycles. The van der Waals surface area contributed by atoms with Gasteiger partial charge in [0.1, 0.15) is 84.7 Å². The quantitative estimate of drug-likeness (QED) is 0.00400. The molecule has 0 saturated carbocycles. The topological polar surface area (TPSA) is 556 Å². The molecule has 3 saturated heterocycles. The van der Waals surface area contributed by atoms with Crippen molar-refractivity contribution in [2.45, 2.75) is 182 Å². The summed E-state index contributed by atoms with van der Waals surface area (Å²) in [6.45, 7) is 23.0. The molecular formula is C77H106F2N14O25. The number of alkyl halides is 2. The number of ether oxygens (including phenoxy) is 10. The Balaban J connectivity index is 0.000000589. The van der Waals surface area contributed by atoms with Gasteiger partial charge in [-0.3, -0.25) is 28.8 Å². The zero-order chi connectivity index (χ0) is 88.2. The van der Waals surface area contributed by atoms with Gasteiger partial charge in [-0.25, -0.2) is 48.3 Å². The minimum atomic E-state index is -3.34. The van der Waals surface area contributed by atoms with E-state index in [0.29, 0.717) is 64.1 Å². The molecule has 0 radical (unpaired) electrons. The number of hydrogen-bond acceptors (Lipinski definition) is 27. The number of nitrogens with zero attached hydrogens (tertiary/aromatic N) is 6. The van der Waals surface area contributed by atoms with E-state index in [1.807, 2.05) is 113 Å². The lowest BCUT2D eigenvalue weighted by Crippen LogP contribution is -2.57. The predicted molar refractivity (Wildman–Crippen MR) is 412 cm³/mol. The summed E-state index contributed by atoms with van der Waals surface area (Å²) >= 11 is 0. The molecule has 3 fully saturated rings. The van der Waals surface area contributed by atoms with Crippen LogP contribution in [0.25, 0.3) is 20.9 Å². The largest absolute Gasteiger partial charge is 0.544 e. The predicted octanol–water partition coefficient (Wildman–Crippen LogP) is 5.47. The van der Waals surface area contributed by atoms with Crippen LogP contribution >= 0.6 is 0 Å². The van der Waals surface area contributed by atoms with E-state index < -0.39 is 138 Å². The number of halogens is 2. The second-order valence-corrected chi connectivity index (χ2v) is 28.2. The van der Waals surface area contributed by atoms with Gasteiger partial charge in [0, 0.05) is 49.2 Å². The zero-order valence-electron chi connectivity index (χ0n) is 67.7. The van der Waals surface area contributed by atoms with Gasteiger partial charge >= 0.3 is 48.1 Å². The van der Waals surface area contributed by atoms with E-state index in [0.717, 1.165) is 28.0 Å². The number of cyclic esters (lactones) is 6. The number of alkyl carbamates (subject to hydrolysis) is 3. The SMILES string of the molecule is CC(=O)N[C@@H](Cc1ccc(OCc2ccccc2)cc1)C(=O)N[C@H](CC(C)C)C(=O)N[C@@H](CC(=O)OC(C)(C)C)C(=O)NCCOCCOCCN=[N+]=[N-].CC(C)(C)OC(=O)C[C@@H]1NC(=O)OC1=O.CC(C)C[C@H]1NC(=O)OC1=O.O=C([O-])C(F)F.O=C1N[C@@H](Cc2ccc(OCc3ccccc3)cc2)C(=O)O1.[N-]=[N+]=NCCOCCO[NH3+]. The highest BCUT2D eigenvalue weighted by Gasteiger charge is 2.37. The zero-order valence-corrected chi connectivity index (χ0v) is 67.7. The molecule has 41 heteroatoms. The number of hydrogen-bond donors (Lipinski definition) is 8. The minimum absolute atomic E-state index is 0.0537. The number of nitrogens with one attached hydrogen (secondary N) is 7. The van der Waals surface area contributed by atoms with Crippen LogP contribution in [0.2, 0.25) is 0 Å². The van der Waals surface area contributed by atoms with Gasteiger partial charge in [0.2, 0.25) is 23.6 Å². The Morgan fingerprint density at radius 3 is 1.37 bits per heavy atom. The van der Waals surface area contributed by atoms with Crippen LogP contribution in [-0.4, -0.2) is 197 Å². The number of benzene rings is 4. The van der Waals surface area contributed by atoms with Gasteiger partial charge < -0.3 is 94.5 Å². The fourth-order valence-corrected chi connectivity index (χ4v) is 9.69. The molecule has 118 heavy (non-hydrogen) atoms. The second kappa shape index (κ2) is 56.2. The maximum Gasteiger partial charge on any atom is 0.415 e. The van der Waals surface area contributed by atoms with Gasteiger partial charge in [-0.05, 0) is 124 Å². The summed E-state index contributed by atoms with van der Waals surface area (Å²) in [7, 11) is 0. The smallest absolute Gasteiger partial charge is 0.415 e.